The van der Waals surface area contributed by atoms with Crippen LogP contribution in [-0.4, -0.2) is 19.8 Å². The Labute approximate surface area is 134 Å². The van der Waals surface area contributed by atoms with Gasteiger partial charge in [-0.05, 0) is 48.6 Å². The zero-order chi connectivity index (χ0) is 14.9. The quantitative estimate of drug-likeness (QED) is 0.563. The summed E-state index contributed by atoms with van der Waals surface area (Å²) in [5, 5.41) is 14.4. The van der Waals surface area contributed by atoms with Crippen LogP contribution in [0.15, 0.2) is 47.1 Å². The molecule has 3 heterocycles. The lowest BCUT2D eigenvalue weighted by Gasteiger charge is -1.96. The number of aromatic nitrogens is 4. The van der Waals surface area contributed by atoms with Gasteiger partial charge in [0.15, 0.2) is 5.82 Å². The van der Waals surface area contributed by atoms with Crippen LogP contribution < -0.4 is 0 Å². The van der Waals surface area contributed by atoms with Gasteiger partial charge in [0.2, 0.25) is 4.96 Å². The zero-order valence-electron chi connectivity index (χ0n) is 11.2. The van der Waals surface area contributed by atoms with Crippen molar-refractivity contribution in [2.75, 3.05) is 0 Å². The highest BCUT2D eigenvalue weighted by Gasteiger charge is 2.12. The molecule has 0 amide bonds. The molecule has 0 radical (unpaired) electrons. The van der Waals surface area contributed by atoms with Gasteiger partial charge in [-0.2, -0.15) is 9.61 Å². The highest BCUT2D eigenvalue weighted by Crippen LogP contribution is 2.23. The second-order valence-electron chi connectivity index (χ2n) is 4.51. The molecule has 108 valence electrons. The Morgan fingerprint density at radius 2 is 1.95 bits per heavy atom. The van der Waals surface area contributed by atoms with Crippen LogP contribution in [0.2, 0.25) is 5.02 Å². The Kier molecular flexibility index (Phi) is 3.25. The molecule has 4 rings (SSSR count). The normalized spacial score (nSPS) is 11.7. The van der Waals surface area contributed by atoms with E-state index in [9.17, 15) is 0 Å². The molecule has 7 heteroatoms. The average Bonchev–Trinajstić information content (AvgIpc) is 3.23. The van der Waals surface area contributed by atoms with Gasteiger partial charge in [0.25, 0.3) is 0 Å². The standard InChI is InChI=1S/C15H9ClN4OS/c16-11-5-3-10(4-6-11)14-17-18-15-20(14)19-13(22-15)8-7-12-2-1-9-21-12/h1-9H. The third-order valence-electron chi connectivity index (χ3n) is 3.04. The van der Waals surface area contributed by atoms with E-state index in [1.165, 1.54) is 11.3 Å². The molecule has 22 heavy (non-hydrogen) atoms. The fourth-order valence-electron chi connectivity index (χ4n) is 2.02. The van der Waals surface area contributed by atoms with E-state index in [4.69, 9.17) is 16.0 Å². The molecule has 0 N–H and O–H groups in total. The minimum Gasteiger partial charge on any atom is -0.465 e. The fourth-order valence-corrected chi connectivity index (χ4v) is 2.88. The van der Waals surface area contributed by atoms with E-state index >= 15 is 0 Å². The lowest BCUT2D eigenvalue weighted by molar-refractivity contribution is 0.557. The molecule has 0 aliphatic heterocycles. The Morgan fingerprint density at radius 1 is 1.09 bits per heavy atom. The first-order chi connectivity index (χ1) is 10.8. The van der Waals surface area contributed by atoms with Crippen molar-refractivity contribution in [1.29, 1.82) is 0 Å². The first-order valence-corrected chi connectivity index (χ1v) is 7.69. The monoisotopic (exact) mass is 328 g/mol. The third kappa shape index (κ3) is 2.43. The number of nitrogens with zero attached hydrogens (tertiary/aromatic N) is 4. The van der Waals surface area contributed by atoms with Gasteiger partial charge in [-0.25, -0.2) is 0 Å². The highest BCUT2D eigenvalue weighted by molar-refractivity contribution is 7.17. The number of fused-ring (bicyclic) bond motifs is 1. The van der Waals surface area contributed by atoms with Gasteiger partial charge in [0.05, 0.1) is 6.26 Å². The van der Waals surface area contributed by atoms with Gasteiger partial charge in [-0.1, -0.05) is 22.9 Å². The predicted molar refractivity (Wildman–Crippen MR) is 86.7 cm³/mol. The predicted octanol–water partition coefficient (Wildman–Crippen LogP) is 4.27. The molecule has 0 aliphatic carbocycles. The highest BCUT2D eigenvalue weighted by atomic mass is 35.5. The summed E-state index contributed by atoms with van der Waals surface area (Å²) in [6.07, 6.45) is 5.40. The molecule has 0 aliphatic rings. The van der Waals surface area contributed by atoms with Crippen molar-refractivity contribution >= 4 is 40.1 Å². The minimum absolute atomic E-state index is 0.685. The Balaban J connectivity index is 1.71. The molecule has 4 aromatic rings. The van der Waals surface area contributed by atoms with Crippen LogP contribution in [0.5, 0.6) is 0 Å². The summed E-state index contributed by atoms with van der Waals surface area (Å²) >= 11 is 7.37. The summed E-state index contributed by atoms with van der Waals surface area (Å²) in [5.41, 5.74) is 0.920. The van der Waals surface area contributed by atoms with E-state index in [-0.39, 0.29) is 0 Å². The van der Waals surface area contributed by atoms with Gasteiger partial charge in [-0.15, -0.1) is 10.2 Å². The molecule has 3 aromatic heterocycles. The van der Waals surface area contributed by atoms with Crippen molar-refractivity contribution < 1.29 is 4.42 Å². The van der Waals surface area contributed by atoms with Crippen molar-refractivity contribution in [3.8, 4) is 11.4 Å². The van der Waals surface area contributed by atoms with Crippen LogP contribution in [0, 0.1) is 0 Å². The lowest BCUT2D eigenvalue weighted by atomic mass is 10.2. The Hall–Kier alpha value is -2.44. The van der Waals surface area contributed by atoms with Crippen molar-refractivity contribution in [2.24, 2.45) is 0 Å². The maximum atomic E-state index is 5.91. The van der Waals surface area contributed by atoms with E-state index in [1.807, 2.05) is 48.6 Å². The largest absolute Gasteiger partial charge is 0.465 e. The maximum absolute atomic E-state index is 5.91. The molecule has 0 bridgehead atoms. The summed E-state index contributed by atoms with van der Waals surface area (Å²) in [4.78, 5) is 0.740. The molecule has 0 fully saturated rings. The first kappa shape index (κ1) is 13.2. The molecular weight excluding hydrogens is 320 g/mol. The molecule has 0 unspecified atom stereocenters. The van der Waals surface area contributed by atoms with E-state index in [1.54, 1.807) is 10.8 Å². The average molecular weight is 329 g/mol. The van der Waals surface area contributed by atoms with Crippen LogP contribution in [0.4, 0.5) is 0 Å². The van der Waals surface area contributed by atoms with Crippen molar-refractivity contribution in [3.63, 3.8) is 0 Å². The van der Waals surface area contributed by atoms with E-state index in [0.29, 0.717) is 10.8 Å². The Bertz CT molecular complexity index is 938. The minimum atomic E-state index is 0.685. The van der Waals surface area contributed by atoms with Crippen LogP contribution in [0.3, 0.4) is 0 Å². The molecule has 5 nitrogen and oxygen atoms in total. The number of halogens is 1. The van der Waals surface area contributed by atoms with Gasteiger partial charge in [0, 0.05) is 10.6 Å². The van der Waals surface area contributed by atoms with Crippen LogP contribution in [0.1, 0.15) is 10.8 Å². The summed E-state index contributed by atoms with van der Waals surface area (Å²) in [6.45, 7) is 0. The zero-order valence-corrected chi connectivity index (χ0v) is 12.8. The number of rotatable bonds is 3. The van der Waals surface area contributed by atoms with Gasteiger partial charge in [0.1, 0.15) is 10.8 Å². The maximum Gasteiger partial charge on any atom is 0.235 e. The van der Waals surface area contributed by atoms with Crippen molar-refractivity contribution in [1.82, 2.24) is 19.8 Å². The molecule has 0 spiro atoms. The van der Waals surface area contributed by atoms with Crippen molar-refractivity contribution in [2.45, 2.75) is 0 Å². The molecule has 0 saturated carbocycles. The van der Waals surface area contributed by atoms with E-state index in [0.717, 1.165) is 21.3 Å². The summed E-state index contributed by atoms with van der Waals surface area (Å²) in [7, 11) is 0. The SMILES string of the molecule is Clc1ccc(-c2nnc3sc(C=Cc4ccco4)nn23)cc1. The number of hydrogen-bond donors (Lipinski definition) is 0. The third-order valence-corrected chi connectivity index (χ3v) is 4.16. The summed E-state index contributed by atoms with van der Waals surface area (Å²) < 4.78 is 6.99. The second kappa shape index (κ2) is 5.40. The molecule has 0 saturated heterocycles. The van der Waals surface area contributed by atoms with Crippen LogP contribution in [0.25, 0.3) is 28.5 Å². The molecular formula is C15H9ClN4OS. The summed E-state index contributed by atoms with van der Waals surface area (Å²) in [6, 6.07) is 11.2. The number of benzene rings is 1. The number of hydrogen-bond acceptors (Lipinski definition) is 5. The summed E-state index contributed by atoms with van der Waals surface area (Å²) in [5.74, 6) is 1.48. The van der Waals surface area contributed by atoms with Crippen LogP contribution >= 0.6 is 22.9 Å². The fraction of sp³-hybridized carbons (Fsp3) is 0. The van der Waals surface area contributed by atoms with Crippen molar-refractivity contribution in [3.05, 3.63) is 58.5 Å². The molecule has 1 aromatic carbocycles. The van der Waals surface area contributed by atoms with Gasteiger partial charge in [-0.3, -0.25) is 0 Å². The van der Waals surface area contributed by atoms with Gasteiger partial charge >= 0.3 is 0 Å². The first-order valence-electron chi connectivity index (χ1n) is 6.49. The lowest BCUT2D eigenvalue weighted by Crippen LogP contribution is -1.90. The smallest absolute Gasteiger partial charge is 0.235 e. The molecule has 0 atom stereocenters. The second-order valence-corrected chi connectivity index (χ2v) is 5.94. The number of furan rings is 1. The van der Waals surface area contributed by atoms with E-state index < -0.39 is 0 Å². The van der Waals surface area contributed by atoms with Crippen LogP contribution in [-0.2, 0) is 0 Å². The van der Waals surface area contributed by atoms with Gasteiger partial charge < -0.3 is 4.42 Å². The Morgan fingerprint density at radius 3 is 2.73 bits per heavy atom. The topological polar surface area (TPSA) is 56.2 Å². The van der Waals surface area contributed by atoms with E-state index in [2.05, 4.69) is 15.3 Å².